The smallest absolute Gasteiger partial charge is 0.0889 e. The van der Waals surface area contributed by atoms with Gasteiger partial charge in [0.1, 0.15) is 0 Å². The summed E-state index contributed by atoms with van der Waals surface area (Å²) in [5.74, 6) is 0.425. The zero-order valence-electron chi connectivity index (χ0n) is 10.5. The van der Waals surface area contributed by atoms with Crippen molar-refractivity contribution >= 4 is 0 Å². The molecule has 0 atom stereocenters. The molecule has 0 bridgehead atoms. The van der Waals surface area contributed by atoms with E-state index in [0.29, 0.717) is 19.1 Å². The van der Waals surface area contributed by atoms with Crippen molar-refractivity contribution < 1.29 is 9.84 Å². The molecule has 3 heteroatoms. The molecule has 0 saturated heterocycles. The summed E-state index contributed by atoms with van der Waals surface area (Å²) in [4.78, 5) is 4.49. The summed E-state index contributed by atoms with van der Waals surface area (Å²) in [6.07, 6.45) is 0. The van der Waals surface area contributed by atoms with E-state index >= 15 is 0 Å². The molecule has 1 rings (SSSR count). The van der Waals surface area contributed by atoms with E-state index in [-0.39, 0.29) is 0 Å². The Labute approximate surface area is 97.5 Å². The van der Waals surface area contributed by atoms with Crippen LogP contribution < -0.4 is 0 Å². The maximum atomic E-state index is 9.49. The second-order valence-corrected chi connectivity index (χ2v) is 5.01. The molecule has 0 aliphatic rings. The highest BCUT2D eigenvalue weighted by Gasteiger charge is 2.12. The van der Waals surface area contributed by atoms with Gasteiger partial charge in [0.25, 0.3) is 0 Å². The number of rotatable bonds is 5. The van der Waals surface area contributed by atoms with E-state index in [1.54, 1.807) is 13.8 Å². The Morgan fingerprint density at radius 3 is 2.62 bits per heavy atom. The van der Waals surface area contributed by atoms with E-state index in [0.717, 1.165) is 11.4 Å². The molecule has 1 N–H and O–H groups in total. The molecular weight excluding hydrogens is 202 g/mol. The first kappa shape index (κ1) is 13.1. The number of aromatic nitrogens is 1. The van der Waals surface area contributed by atoms with Gasteiger partial charge >= 0.3 is 0 Å². The molecule has 1 heterocycles. The molecular formula is C13H21NO2. The second-order valence-electron chi connectivity index (χ2n) is 5.01. The first-order valence-corrected chi connectivity index (χ1v) is 5.64. The Kier molecular flexibility index (Phi) is 4.44. The van der Waals surface area contributed by atoms with Gasteiger partial charge in [0, 0.05) is 5.69 Å². The van der Waals surface area contributed by atoms with E-state index in [9.17, 15) is 5.11 Å². The van der Waals surface area contributed by atoms with E-state index < -0.39 is 5.60 Å². The van der Waals surface area contributed by atoms with Gasteiger partial charge in [-0.3, -0.25) is 4.98 Å². The van der Waals surface area contributed by atoms with Gasteiger partial charge in [-0.2, -0.15) is 0 Å². The van der Waals surface area contributed by atoms with Gasteiger partial charge in [-0.25, -0.2) is 0 Å². The lowest BCUT2D eigenvalue weighted by Crippen LogP contribution is -2.25. The van der Waals surface area contributed by atoms with Crippen molar-refractivity contribution in [3.8, 4) is 0 Å². The van der Waals surface area contributed by atoms with E-state index in [2.05, 4.69) is 18.8 Å². The second kappa shape index (κ2) is 5.41. The first-order valence-electron chi connectivity index (χ1n) is 5.64. The number of ether oxygens (including phenoxy) is 1. The van der Waals surface area contributed by atoms with Crippen molar-refractivity contribution in [1.29, 1.82) is 0 Å². The van der Waals surface area contributed by atoms with Crippen LogP contribution in [0, 0.1) is 0 Å². The van der Waals surface area contributed by atoms with Crippen molar-refractivity contribution in [2.24, 2.45) is 0 Å². The van der Waals surface area contributed by atoms with Crippen LogP contribution in [0.3, 0.4) is 0 Å². The van der Waals surface area contributed by atoms with Crippen LogP contribution in [0.2, 0.25) is 0 Å². The van der Waals surface area contributed by atoms with Crippen molar-refractivity contribution in [1.82, 2.24) is 4.98 Å². The highest BCUT2D eigenvalue weighted by Crippen LogP contribution is 2.12. The zero-order chi connectivity index (χ0) is 12.2. The van der Waals surface area contributed by atoms with Gasteiger partial charge < -0.3 is 9.84 Å². The third-order valence-electron chi connectivity index (χ3n) is 2.13. The minimum Gasteiger partial charge on any atom is -0.388 e. The summed E-state index contributed by atoms with van der Waals surface area (Å²) in [5.41, 5.74) is 1.20. The van der Waals surface area contributed by atoms with Gasteiger partial charge in [-0.15, -0.1) is 0 Å². The van der Waals surface area contributed by atoms with E-state index in [4.69, 9.17) is 4.74 Å². The molecule has 3 nitrogen and oxygen atoms in total. The SMILES string of the molecule is CC(C)c1cccc(COCC(C)(C)O)n1. The average molecular weight is 223 g/mol. The Bertz CT molecular complexity index is 329. The largest absolute Gasteiger partial charge is 0.388 e. The third-order valence-corrected chi connectivity index (χ3v) is 2.13. The molecule has 0 aliphatic heterocycles. The van der Waals surface area contributed by atoms with Crippen molar-refractivity contribution in [2.45, 2.75) is 45.8 Å². The van der Waals surface area contributed by atoms with Gasteiger partial charge in [0.15, 0.2) is 0 Å². The van der Waals surface area contributed by atoms with Crippen LogP contribution in [-0.4, -0.2) is 22.3 Å². The van der Waals surface area contributed by atoms with Crippen LogP contribution in [0.1, 0.15) is 45.0 Å². The molecule has 0 spiro atoms. The van der Waals surface area contributed by atoms with Crippen molar-refractivity contribution in [3.05, 3.63) is 29.6 Å². The lowest BCUT2D eigenvalue weighted by Gasteiger charge is -2.16. The molecule has 0 amide bonds. The van der Waals surface area contributed by atoms with Gasteiger partial charge in [0.05, 0.1) is 24.5 Å². The Balaban J connectivity index is 2.51. The molecule has 0 unspecified atom stereocenters. The highest BCUT2D eigenvalue weighted by atomic mass is 16.5. The molecule has 0 aliphatic carbocycles. The van der Waals surface area contributed by atoms with E-state index in [1.165, 1.54) is 0 Å². The predicted molar refractivity (Wildman–Crippen MR) is 64.3 cm³/mol. The fraction of sp³-hybridized carbons (Fsp3) is 0.615. The first-order chi connectivity index (χ1) is 7.38. The standard InChI is InChI=1S/C13H21NO2/c1-10(2)12-7-5-6-11(14-12)8-16-9-13(3,4)15/h5-7,10,15H,8-9H2,1-4H3. The predicted octanol–water partition coefficient (Wildman–Crippen LogP) is 2.49. The lowest BCUT2D eigenvalue weighted by atomic mass is 10.1. The molecule has 1 aromatic rings. The summed E-state index contributed by atoms with van der Waals surface area (Å²) in [6.45, 7) is 8.45. The minimum absolute atomic E-state index is 0.320. The van der Waals surface area contributed by atoms with Gasteiger partial charge in [-0.1, -0.05) is 19.9 Å². The minimum atomic E-state index is -0.782. The molecule has 16 heavy (non-hydrogen) atoms. The molecule has 0 fully saturated rings. The van der Waals surface area contributed by atoms with Crippen molar-refractivity contribution in [3.63, 3.8) is 0 Å². The Morgan fingerprint density at radius 1 is 1.38 bits per heavy atom. The number of pyridine rings is 1. The fourth-order valence-corrected chi connectivity index (χ4v) is 1.31. The number of aliphatic hydroxyl groups is 1. The van der Waals surface area contributed by atoms with E-state index in [1.807, 2.05) is 18.2 Å². The fourth-order valence-electron chi connectivity index (χ4n) is 1.31. The summed E-state index contributed by atoms with van der Waals surface area (Å²) < 4.78 is 5.41. The van der Waals surface area contributed by atoms with Crippen LogP contribution in [0.25, 0.3) is 0 Å². The van der Waals surface area contributed by atoms with Crippen LogP contribution in [0.5, 0.6) is 0 Å². The molecule has 90 valence electrons. The Morgan fingerprint density at radius 2 is 2.06 bits per heavy atom. The molecule has 0 radical (unpaired) electrons. The van der Waals surface area contributed by atoms with Crippen molar-refractivity contribution in [2.75, 3.05) is 6.61 Å². The maximum absolute atomic E-state index is 9.49. The summed E-state index contributed by atoms with van der Waals surface area (Å²) in [7, 11) is 0. The highest BCUT2D eigenvalue weighted by molar-refractivity contribution is 5.13. The molecule has 0 saturated carbocycles. The average Bonchev–Trinajstić information content (AvgIpc) is 2.16. The summed E-state index contributed by atoms with van der Waals surface area (Å²) >= 11 is 0. The third kappa shape index (κ3) is 4.73. The number of hydrogen-bond acceptors (Lipinski definition) is 3. The van der Waals surface area contributed by atoms with Crippen LogP contribution in [-0.2, 0) is 11.3 Å². The lowest BCUT2D eigenvalue weighted by molar-refractivity contribution is -0.0276. The van der Waals surface area contributed by atoms with Crippen LogP contribution in [0.4, 0.5) is 0 Å². The number of nitrogens with zero attached hydrogens (tertiary/aromatic N) is 1. The topological polar surface area (TPSA) is 42.4 Å². The monoisotopic (exact) mass is 223 g/mol. The number of hydrogen-bond donors (Lipinski definition) is 1. The molecule has 1 aromatic heterocycles. The van der Waals surface area contributed by atoms with Crippen LogP contribution >= 0.6 is 0 Å². The van der Waals surface area contributed by atoms with Crippen LogP contribution in [0.15, 0.2) is 18.2 Å². The maximum Gasteiger partial charge on any atom is 0.0889 e. The summed E-state index contributed by atoms with van der Waals surface area (Å²) in [6, 6.07) is 5.95. The summed E-state index contributed by atoms with van der Waals surface area (Å²) in [5, 5.41) is 9.49. The Hall–Kier alpha value is -0.930. The van der Waals surface area contributed by atoms with Gasteiger partial charge in [-0.05, 0) is 31.9 Å². The van der Waals surface area contributed by atoms with Gasteiger partial charge in [0.2, 0.25) is 0 Å². The quantitative estimate of drug-likeness (QED) is 0.834. The normalized spacial score (nSPS) is 12.1. The molecule has 0 aromatic carbocycles. The zero-order valence-corrected chi connectivity index (χ0v) is 10.5.